The molecule has 0 aromatic rings. The molecular weight excluding hydrogens is 176 g/mol. The molecule has 0 radical (unpaired) electrons. The van der Waals surface area contributed by atoms with Crippen LogP contribution in [0.5, 0.6) is 0 Å². The lowest BCUT2D eigenvalue weighted by Crippen LogP contribution is -2.50. The van der Waals surface area contributed by atoms with Crippen molar-refractivity contribution in [1.29, 1.82) is 0 Å². The molecule has 0 bridgehead atoms. The van der Waals surface area contributed by atoms with Gasteiger partial charge in [0.1, 0.15) is 0 Å². The van der Waals surface area contributed by atoms with Crippen molar-refractivity contribution in [2.24, 2.45) is 0 Å². The van der Waals surface area contributed by atoms with E-state index in [0.29, 0.717) is 12.6 Å². The molecule has 2 amide bonds. The van der Waals surface area contributed by atoms with Gasteiger partial charge in [-0.15, -0.1) is 6.58 Å². The first-order chi connectivity index (χ1) is 6.45. The molecule has 0 spiro atoms. The van der Waals surface area contributed by atoms with E-state index in [0.717, 1.165) is 12.8 Å². The lowest BCUT2D eigenvalue weighted by atomic mass is 10.1. The van der Waals surface area contributed by atoms with Gasteiger partial charge in [0.05, 0.1) is 0 Å². The molecule has 0 aliphatic heterocycles. The number of hydrogen-bond donors (Lipinski definition) is 1. The zero-order valence-electron chi connectivity index (χ0n) is 9.34. The number of carbonyl (C=O) groups is 1. The summed E-state index contributed by atoms with van der Waals surface area (Å²) in [5.41, 5.74) is -0.146. The van der Waals surface area contributed by atoms with E-state index in [2.05, 4.69) is 11.9 Å². The molecule has 1 saturated carbocycles. The molecule has 3 nitrogen and oxygen atoms in total. The number of amides is 2. The summed E-state index contributed by atoms with van der Waals surface area (Å²) in [6.07, 6.45) is 4.01. The van der Waals surface area contributed by atoms with Crippen molar-refractivity contribution < 1.29 is 4.79 Å². The predicted molar refractivity (Wildman–Crippen MR) is 58.2 cm³/mol. The molecule has 3 heteroatoms. The van der Waals surface area contributed by atoms with E-state index in [1.54, 1.807) is 11.0 Å². The van der Waals surface area contributed by atoms with Crippen LogP contribution in [0.3, 0.4) is 0 Å². The second kappa shape index (κ2) is 4.03. The third kappa shape index (κ3) is 3.05. The second-order valence-corrected chi connectivity index (χ2v) is 4.79. The van der Waals surface area contributed by atoms with Crippen LogP contribution < -0.4 is 5.32 Å². The Morgan fingerprint density at radius 1 is 1.57 bits per heavy atom. The van der Waals surface area contributed by atoms with Gasteiger partial charge in [0.25, 0.3) is 0 Å². The van der Waals surface area contributed by atoms with E-state index in [1.807, 2.05) is 20.8 Å². The minimum absolute atomic E-state index is 0.0277. The van der Waals surface area contributed by atoms with Crippen LogP contribution in [0.2, 0.25) is 0 Å². The average Bonchev–Trinajstić information content (AvgIpc) is 2.81. The minimum Gasteiger partial charge on any atom is -0.335 e. The Hall–Kier alpha value is -0.990. The van der Waals surface area contributed by atoms with Crippen LogP contribution in [-0.2, 0) is 0 Å². The first-order valence-electron chi connectivity index (χ1n) is 5.14. The second-order valence-electron chi connectivity index (χ2n) is 4.79. The summed E-state index contributed by atoms with van der Waals surface area (Å²) in [5.74, 6) is 0. The maximum absolute atomic E-state index is 11.8. The van der Waals surface area contributed by atoms with Crippen LogP contribution in [-0.4, -0.2) is 29.1 Å². The van der Waals surface area contributed by atoms with Gasteiger partial charge in [-0.1, -0.05) is 6.08 Å². The zero-order valence-corrected chi connectivity index (χ0v) is 9.34. The summed E-state index contributed by atoms with van der Waals surface area (Å²) in [5, 5.41) is 2.98. The third-order valence-corrected chi connectivity index (χ3v) is 2.27. The molecule has 0 aromatic heterocycles. The maximum Gasteiger partial charge on any atom is 0.318 e. The Morgan fingerprint density at radius 2 is 2.14 bits per heavy atom. The fourth-order valence-corrected chi connectivity index (χ4v) is 1.27. The van der Waals surface area contributed by atoms with E-state index >= 15 is 0 Å². The van der Waals surface area contributed by atoms with Gasteiger partial charge < -0.3 is 10.2 Å². The van der Waals surface area contributed by atoms with Crippen LogP contribution in [0.4, 0.5) is 4.79 Å². The van der Waals surface area contributed by atoms with Gasteiger partial charge in [0, 0.05) is 18.1 Å². The van der Waals surface area contributed by atoms with Gasteiger partial charge >= 0.3 is 6.03 Å². The molecule has 1 aliphatic carbocycles. The van der Waals surface area contributed by atoms with Gasteiger partial charge in [0.15, 0.2) is 0 Å². The smallest absolute Gasteiger partial charge is 0.318 e. The van der Waals surface area contributed by atoms with Crippen LogP contribution in [0.1, 0.15) is 33.6 Å². The highest BCUT2D eigenvalue weighted by Gasteiger charge is 2.30. The van der Waals surface area contributed by atoms with E-state index < -0.39 is 0 Å². The fraction of sp³-hybridized carbons (Fsp3) is 0.727. The molecule has 80 valence electrons. The van der Waals surface area contributed by atoms with E-state index in [9.17, 15) is 4.79 Å². The van der Waals surface area contributed by atoms with Gasteiger partial charge in [-0.2, -0.15) is 0 Å². The van der Waals surface area contributed by atoms with Crippen molar-refractivity contribution in [1.82, 2.24) is 10.2 Å². The largest absolute Gasteiger partial charge is 0.335 e. The normalized spacial score (nSPS) is 16.2. The Balaban J connectivity index is 2.55. The SMILES string of the molecule is C=CCN(C(=O)NC1CC1)C(C)(C)C. The number of rotatable bonds is 3. The minimum atomic E-state index is -0.146. The number of urea groups is 1. The Labute approximate surface area is 86.2 Å². The molecule has 1 N–H and O–H groups in total. The lowest BCUT2D eigenvalue weighted by molar-refractivity contribution is 0.154. The lowest BCUT2D eigenvalue weighted by Gasteiger charge is -2.34. The van der Waals surface area contributed by atoms with E-state index in [-0.39, 0.29) is 11.6 Å². The molecule has 14 heavy (non-hydrogen) atoms. The standard InChI is InChI=1S/C11H20N2O/c1-5-8-13(11(2,3)4)10(14)12-9-6-7-9/h5,9H,1,6-8H2,2-4H3,(H,12,14). The summed E-state index contributed by atoms with van der Waals surface area (Å²) < 4.78 is 0. The van der Waals surface area contributed by atoms with Crippen molar-refractivity contribution in [3.05, 3.63) is 12.7 Å². The van der Waals surface area contributed by atoms with Crippen LogP contribution >= 0.6 is 0 Å². The first kappa shape index (κ1) is 11.1. The molecule has 0 aromatic carbocycles. The van der Waals surface area contributed by atoms with Crippen LogP contribution in [0.25, 0.3) is 0 Å². The number of carbonyl (C=O) groups excluding carboxylic acids is 1. The third-order valence-electron chi connectivity index (χ3n) is 2.27. The summed E-state index contributed by atoms with van der Waals surface area (Å²) in [7, 11) is 0. The first-order valence-corrected chi connectivity index (χ1v) is 5.14. The Morgan fingerprint density at radius 3 is 2.50 bits per heavy atom. The molecule has 1 rings (SSSR count). The quantitative estimate of drug-likeness (QED) is 0.689. The monoisotopic (exact) mass is 196 g/mol. The van der Waals surface area contributed by atoms with Crippen molar-refractivity contribution in [2.75, 3.05) is 6.54 Å². The molecule has 0 saturated heterocycles. The van der Waals surface area contributed by atoms with E-state index in [4.69, 9.17) is 0 Å². The summed E-state index contributed by atoms with van der Waals surface area (Å²) in [6.45, 7) is 10.4. The fourth-order valence-electron chi connectivity index (χ4n) is 1.27. The van der Waals surface area contributed by atoms with Crippen molar-refractivity contribution in [3.63, 3.8) is 0 Å². The number of nitrogens with zero attached hydrogens (tertiary/aromatic N) is 1. The van der Waals surface area contributed by atoms with Crippen molar-refractivity contribution >= 4 is 6.03 Å². The maximum atomic E-state index is 11.8. The van der Waals surface area contributed by atoms with Gasteiger partial charge in [-0.3, -0.25) is 0 Å². The molecule has 1 aliphatic rings. The summed E-state index contributed by atoms with van der Waals surface area (Å²) >= 11 is 0. The van der Waals surface area contributed by atoms with E-state index in [1.165, 1.54) is 0 Å². The summed E-state index contributed by atoms with van der Waals surface area (Å²) in [6, 6.07) is 0.442. The Bertz CT molecular complexity index is 226. The highest BCUT2D eigenvalue weighted by Crippen LogP contribution is 2.20. The Kier molecular flexibility index (Phi) is 3.19. The summed E-state index contributed by atoms with van der Waals surface area (Å²) in [4.78, 5) is 13.6. The molecule has 1 fully saturated rings. The van der Waals surface area contributed by atoms with Gasteiger partial charge in [0.2, 0.25) is 0 Å². The van der Waals surface area contributed by atoms with Crippen molar-refractivity contribution in [3.8, 4) is 0 Å². The van der Waals surface area contributed by atoms with Gasteiger partial charge in [-0.05, 0) is 33.6 Å². The van der Waals surface area contributed by atoms with Crippen LogP contribution in [0, 0.1) is 0 Å². The molecular formula is C11H20N2O. The highest BCUT2D eigenvalue weighted by atomic mass is 16.2. The number of nitrogens with one attached hydrogen (secondary N) is 1. The molecule has 0 heterocycles. The number of hydrogen-bond acceptors (Lipinski definition) is 1. The van der Waals surface area contributed by atoms with Crippen molar-refractivity contribution in [2.45, 2.75) is 45.2 Å². The molecule has 0 unspecified atom stereocenters. The highest BCUT2D eigenvalue weighted by molar-refractivity contribution is 5.75. The predicted octanol–water partition coefficient (Wildman–Crippen LogP) is 2.14. The zero-order chi connectivity index (χ0) is 10.8. The van der Waals surface area contributed by atoms with Gasteiger partial charge in [-0.25, -0.2) is 4.79 Å². The molecule has 0 atom stereocenters. The topological polar surface area (TPSA) is 32.3 Å². The van der Waals surface area contributed by atoms with Crippen LogP contribution in [0.15, 0.2) is 12.7 Å². The average molecular weight is 196 g/mol.